The van der Waals surface area contributed by atoms with Gasteiger partial charge in [-0.05, 0) is 19.3 Å². The van der Waals surface area contributed by atoms with E-state index in [0.717, 1.165) is 0 Å². The Balaban J connectivity index is 2.58. The molecule has 1 atom stereocenters. The Kier molecular flexibility index (Phi) is 3.38. The lowest BCUT2D eigenvalue weighted by Crippen LogP contribution is -2.32. The van der Waals surface area contributed by atoms with Crippen LogP contribution < -0.4 is 0 Å². The van der Waals surface area contributed by atoms with Crippen molar-refractivity contribution in [2.24, 2.45) is 0 Å². The van der Waals surface area contributed by atoms with Gasteiger partial charge in [-0.15, -0.1) is 0 Å². The number of ether oxygens (including phenoxy) is 1. The van der Waals surface area contributed by atoms with Crippen LogP contribution in [0.1, 0.15) is 19.3 Å². The van der Waals surface area contributed by atoms with Crippen molar-refractivity contribution in [3.63, 3.8) is 0 Å². The van der Waals surface area contributed by atoms with Crippen molar-refractivity contribution in [1.82, 2.24) is 0 Å². The zero-order valence-electron chi connectivity index (χ0n) is 7.08. The molecule has 0 saturated carbocycles. The van der Waals surface area contributed by atoms with Crippen molar-refractivity contribution in [1.29, 1.82) is 0 Å². The molecule has 0 amide bonds. The molecule has 0 bridgehead atoms. The lowest BCUT2D eigenvalue weighted by atomic mass is 10.2. The van der Waals surface area contributed by atoms with Crippen LogP contribution in [0.4, 0.5) is 13.2 Å². The first-order valence-corrected chi connectivity index (χ1v) is 5.35. The SMILES string of the molecule is O=S(=O)(O[C@@H]1CCCCO1)C(F)(F)F. The maximum atomic E-state index is 11.8. The molecule has 0 N–H and O–H groups in total. The third-order valence-electron chi connectivity index (χ3n) is 1.66. The van der Waals surface area contributed by atoms with E-state index in [0.29, 0.717) is 12.8 Å². The molecule has 0 aromatic heterocycles. The Morgan fingerprint density at radius 3 is 2.36 bits per heavy atom. The van der Waals surface area contributed by atoms with Crippen LogP contribution in [0.2, 0.25) is 0 Å². The number of hydrogen-bond donors (Lipinski definition) is 0. The first-order chi connectivity index (χ1) is 6.33. The predicted octanol–water partition coefficient (Wildman–Crippen LogP) is 1.38. The largest absolute Gasteiger partial charge is 0.523 e. The summed E-state index contributed by atoms with van der Waals surface area (Å²) < 4.78 is 65.0. The molecule has 1 heterocycles. The van der Waals surface area contributed by atoms with Gasteiger partial charge in [0.05, 0.1) is 0 Å². The van der Waals surface area contributed by atoms with Crippen LogP contribution in [-0.4, -0.2) is 26.8 Å². The first kappa shape index (κ1) is 11.7. The molecular weight excluding hydrogens is 225 g/mol. The van der Waals surface area contributed by atoms with Gasteiger partial charge in [-0.25, -0.2) is 4.18 Å². The molecule has 0 radical (unpaired) electrons. The Hall–Kier alpha value is -0.340. The van der Waals surface area contributed by atoms with E-state index in [1.807, 2.05) is 0 Å². The van der Waals surface area contributed by atoms with Crippen molar-refractivity contribution >= 4 is 10.1 Å². The molecule has 1 fully saturated rings. The fourth-order valence-corrected chi connectivity index (χ4v) is 1.53. The highest BCUT2D eigenvalue weighted by Crippen LogP contribution is 2.27. The second-order valence-electron chi connectivity index (χ2n) is 2.79. The summed E-state index contributed by atoms with van der Waals surface area (Å²) >= 11 is 0. The first-order valence-electron chi connectivity index (χ1n) is 3.94. The smallest absolute Gasteiger partial charge is 0.351 e. The molecule has 1 saturated heterocycles. The van der Waals surface area contributed by atoms with Gasteiger partial charge in [0.15, 0.2) is 6.29 Å². The van der Waals surface area contributed by atoms with Crippen molar-refractivity contribution in [2.45, 2.75) is 31.1 Å². The van der Waals surface area contributed by atoms with Crippen LogP contribution in [0.15, 0.2) is 0 Å². The van der Waals surface area contributed by atoms with Crippen molar-refractivity contribution in [3.05, 3.63) is 0 Å². The van der Waals surface area contributed by atoms with Crippen molar-refractivity contribution in [3.8, 4) is 0 Å². The Labute approximate surface area is 79.1 Å². The summed E-state index contributed by atoms with van der Waals surface area (Å²) in [4.78, 5) is 0. The molecule has 8 heteroatoms. The Morgan fingerprint density at radius 2 is 1.93 bits per heavy atom. The minimum atomic E-state index is -5.52. The van der Waals surface area contributed by atoms with Crippen LogP contribution in [0.5, 0.6) is 0 Å². The van der Waals surface area contributed by atoms with E-state index >= 15 is 0 Å². The quantitative estimate of drug-likeness (QED) is 0.535. The molecule has 1 rings (SSSR count). The molecule has 0 aliphatic carbocycles. The van der Waals surface area contributed by atoms with Crippen LogP contribution >= 0.6 is 0 Å². The maximum absolute atomic E-state index is 11.8. The second kappa shape index (κ2) is 4.03. The molecule has 14 heavy (non-hydrogen) atoms. The molecule has 1 aliphatic rings. The monoisotopic (exact) mass is 234 g/mol. The van der Waals surface area contributed by atoms with Crippen LogP contribution in [0, 0.1) is 0 Å². The predicted molar refractivity (Wildman–Crippen MR) is 39.7 cm³/mol. The topological polar surface area (TPSA) is 52.6 Å². The van der Waals surface area contributed by atoms with Gasteiger partial charge in [0.1, 0.15) is 0 Å². The van der Waals surface area contributed by atoms with E-state index < -0.39 is 21.9 Å². The fraction of sp³-hybridized carbons (Fsp3) is 1.00. The summed E-state index contributed by atoms with van der Waals surface area (Å²) in [7, 11) is -5.52. The summed E-state index contributed by atoms with van der Waals surface area (Å²) in [6.45, 7) is 0.220. The Bertz CT molecular complexity index is 278. The molecule has 0 aromatic carbocycles. The second-order valence-corrected chi connectivity index (χ2v) is 4.36. The van der Waals surface area contributed by atoms with E-state index in [-0.39, 0.29) is 13.0 Å². The summed E-state index contributed by atoms with van der Waals surface area (Å²) in [6, 6.07) is 0. The molecular formula is C6H9F3O4S. The highest BCUT2D eigenvalue weighted by molar-refractivity contribution is 7.87. The summed E-state index contributed by atoms with van der Waals surface area (Å²) in [5, 5.41) is 0. The maximum Gasteiger partial charge on any atom is 0.523 e. The molecule has 0 spiro atoms. The minimum absolute atomic E-state index is 0.162. The van der Waals surface area contributed by atoms with Gasteiger partial charge in [-0.1, -0.05) is 0 Å². The normalized spacial score (nSPS) is 24.9. The van der Waals surface area contributed by atoms with Crippen LogP contribution in [0.25, 0.3) is 0 Å². The zero-order valence-corrected chi connectivity index (χ0v) is 7.90. The minimum Gasteiger partial charge on any atom is -0.351 e. The van der Waals surface area contributed by atoms with Crippen LogP contribution in [0.3, 0.4) is 0 Å². The number of hydrogen-bond acceptors (Lipinski definition) is 4. The third-order valence-corrected chi connectivity index (χ3v) is 2.69. The molecule has 0 unspecified atom stereocenters. The number of halogens is 3. The van der Waals surface area contributed by atoms with Crippen molar-refractivity contribution < 1.29 is 30.5 Å². The van der Waals surface area contributed by atoms with Gasteiger partial charge in [0.25, 0.3) is 0 Å². The highest BCUT2D eigenvalue weighted by atomic mass is 32.2. The van der Waals surface area contributed by atoms with E-state index in [4.69, 9.17) is 4.74 Å². The van der Waals surface area contributed by atoms with Gasteiger partial charge in [0, 0.05) is 6.61 Å². The lowest BCUT2D eigenvalue weighted by molar-refractivity contribution is -0.121. The molecule has 84 valence electrons. The summed E-state index contributed by atoms with van der Waals surface area (Å²) in [5.41, 5.74) is -5.38. The molecule has 0 aromatic rings. The average Bonchev–Trinajstić information content (AvgIpc) is 2.03. The zero-order chi connectivity index (χ0) is 10.8. The van der Waals surface area contributed by atoms with Gasteiger partial charge >= 0.3 is 15.6 Å². The molecule has 4 nitrogen and oxygen atoms in total. The fourth-order valence-electron chi connectivity index (χ4n) is 0.983. The van der Waals surface area contributed by atoms with Gasteiger partial charge < -0.3 is 4.74 Å². The Morgan fingerprint density at radius 1 is 1.29 bits per heavy atom. The van der Waals surface area contributed by atoms with E-state index in [1.165, 1.54) is 0 Å². The van der Waals surface area contributed by atoms with Gasteiger partial charge in [0.2, 0.25) is 0 Å². The molecule has 1 aliphatic heterocycles. The summed E-state index contributed by atoms with van der Waals surface area (Å²) in [6.07, 6.45) is 0.162. The average molecular weight is 234 g/mol. The van der Waals surface area contributed by atoms with E-state index in [9.17, 15) is 21.6 Å². The highest BCUT2D eigenvalue weighted by Gasteiger charge is 2.48. The van der Waals surface area contributed by atoms with Gasteiger partial charge in [-0.2, -0.15) is 21.6 Å². The van der Waals surface area contributed by atoms with Crippen LogP contribution in [-0.2, 0) is 19.0 Å². The van der Waals surface area contributed by atoms with E-state index in [2.05, 4.69) is 4.18 Å². The number of alkyl halides is 3. The third kappa shape index (κ3) is 2.82. The standard InChI is InChI=1S/C6H9F3O4S/c7-6(8,9)14(10,11)13-5-3-1-2-4-12-5/h5H,1-4H2/t5-/m1/s1. The van der Waals surface area contributed by atoms with Crippen molar-refractivity contribution in [2.75, 3.05) is 6.61 Å². The lowest BCUT2D eigenvalue weighted by Gasteiger charge is -2.22. The number of rotatable bonds is 2. The van der Waals surface area contributed by atoms with Gasteiger partial charge in [-0.3, -0.25) is 0 Å². The van der Waals surface area contributed by atoms with E-state index in [1.54, 1.807) is 0 Å². The summed E-state index contributed by atoms with van der Waals surface area (Å²) in [5.74, 6) is 0.